The van der Waals surface area contributed by atoms with Crippen LogP contribution < -0.4 is 11.4 Å². The number of benzene rings is 2. The van der Waals surface area contributed by atoms with Crippen LogP contribution in [0, 0.1) is 11.6 Å². The second-order valence-corrected chi connectivity index (χ2v) is 7.03. The Morgan fingerprint density at radius 1 is 1.19 bits per heavy atom. The predicted octanol–water partition coefficient (Wildman–Crippen LogP) is 4.05. The molecule has 0 unspecified atom stereocenters. The van der Waals surface area contributed by atoms with Gasteiger partial charge in [-0.1, -0.05) is 0 Å². The summed E-state index contributed by atoms with van der Waals surface area (Å²) in [4.78, 5) is 15.8. The smallest absolute Gasteiger partial charge is 0.383 e. The average Bonchev–Trinajstić information content (AvgIpc) is 2.58. The average molecular weight is 399 g/mol. The highest BCUT2D eigenvalue weighted by Crippen LogP contribution is 2.48. The molecule has 0 saturated carbocycles. The highest BCUT2D eigenvalue weighted by atomic mass is 32.2. The first kappa shape index (κ1) is 17.8. The molecule has 10 heteroatoms. The summed E-state index contributed by atoms with van der Waals surface area (Å²) in [6, 6.07) is 3.13. The predicted molar refractivity (Wildman–Crippen MR) is 91.5 cm³/mol. The maximum Gasteiger partial charge on any atom is 0.417 e. The fourth-order valence-corrected chi connectivity index (χ4v) is 4.40. The fraction of sp³-hybridized carbons (Fsp3) is 0.176. The molecule has 0 bridgehead atoms. The zero-order valence-corrected chi connectivity index (χ0v) is 14.2. The Labute approximate surface area is 152 Å². The van der Waals surface area contributed by atoms with E-state index in [1.54, 1.807) is 0 Å². The normalized spacial score (nSPS) is 14.0. The number of nitrogens with two attached hydrogens (primary N) is 1. The lowest BCUT2D eigenvalue weighted by molar-refractivity contribution is -0.137. The van der Waals surface area contributed by atoms with Gasteiger partial charge in [-0.25, -0.2) is 13.6 Å². The van der Waals surface area contributed by atoms with Crippen molar-refractivity contribution in [2.75, 3.05) is 11.5 Å². The summed E-state index contributed by atoms with van der Waals surface area (Å²) >= 11 is 1.06. The molecular weight excluding hydrogens is 389 g/mol. The van der Waals surface area contributed by atoms with E-state index in [1.165, 1.54) is 4.57 Å². The van der Waals surface area contributed by atoms with Gasteiger partial charge in [0.1, 0.15) is 17.5 Å². The van der Waals surface area contributed by atoms with Gasteiger partial charge in [0.2, 0.25) is 0 Å². The molecule has 0 atom stereocenters. The van der Waals surface area contributed by atoms with Crippen molar-refractivity contribution in [1.82, 2.24) is 9.55 Å². The minimum absolute atomic E-state index is 0.0320. The van der Waals surface area contributed by atoms with Gasteiger partial charge in [0.15, 0.2) is 0 Å². The van der Waals surface area contributed by atoms with Crippen LogP contribution in [0.15, 0.2) is 34.0 Å². The molecule has 0 saturated heterocycles. The van der Waals surface area contributed by atoms with Gasteiger partial charge in [-0.05, 0) is 18.2 Å². The number of anilines is 1. The number of hydrogen-bond acceptors (Lipinski definition) is 4. The van der Waals surface area contributed by atoms with Crippen molar-refractivity contribution in [2.24, 2.45) is 0 Å². The van der Waals surface area contributed by atoms with Crippen LogP contribution in [0.1, 0.15) is 5.56 Å². The second kappa shape index (κ2) is 5.95. The number of alkyl halides is 3. The number of thioether (sulfide) groups is 1. The van der Waals surface area contributed by atoms with Crippen LogP contribution in [0.25, 0.3) is 22.0 Å². The lowest BCUT2D eigenvalue weighted by Gasteiger charge is -2.25. The Morgan fingerprint density at radius 2 is 1.93 bits per heavy atom. The van der Waals surface area contributed by atoms with E-state index in [0.29, 0.717) is 11.8 Å². The van der Waals surface area contributed by atoms with Crippen LogP contribution in [-0.4, -0.2) is 15.3 Å². The summed E-state index contributed by atoms with van der Waals surface area (Å²) in [6.45, 7) is 0.233. The first-order chi connectivity index (χ1) is 12.7. The lowest BCUT2D eigenvalue weighted by atomic mass is 9.96. The number of aryl methyl sites for hydroxylation is 1. The molecule has 0 spiro atoms. The maximum absolute atomic E-state index is 14.4. The largest absolute Gasteiger partial charge is 0.417 e. The minimum Gasteiger partial charge on any atom is -0.383 e. The van der Waals surface area contributed by atoms with Gasteiger partial charge < -0.3 is 5.73 Å². The number of halogens is 5. The van der Waals surface area contributed by atoms with Crippen LogP contribution >= 0.6 is 11.8 Å². The molecule has 1 aliphatic rings. The summed E-state index contributed by atoms with van der Waals surface area (Å²) in [5.41, 5.74) is 3.23. The Hall–Kier alpha value is -2.62. The highest BCUT2D eigenvalue weighted by Gasteiger charge is 2.38. The molecule has 2 N–H and O–H groups in total. The van der Waals surface area contributed by atoms with Crippen molar-refractivity contribution in [3.8, 4) is 11.1 Å². The van der Waals surface area contributed by atoms with Crippen LogP contribution in [-0.2, 0) is 12.7 Å². The summed E-state index contributed by atoms with van der Waals surface area (Å²) < 4.78 is 70.2. The number of nitrogen functional groups attached to an aromatic ring is 1. The molecule has 2 aromatic carbocycles. The van der Waals surface area contributed by atoms with Crippen molar-refractivity contribution in [3.05, 3.63) is 51.9 Å². The van der Waals surface area contributed by atoms with Crippen LogP contribution in [0.4, 0.5) is 27.8 Å². The van der Waals surface area contributed by atoms with Crippen molar-refractivity contribution < 1.29 is 22.0 Å². The van der Waals surface area contributed by atoms with E-state index in [1.807, 2.05) is 0 Å². The second-order valence-electron chi connectivity index (χ2n) is 5.93. The van der Waals surface area contributed by atoms with Gasteiger partial charge in [0.25, 0.3) is 0 Å². The third-order valence-corrected chi connectivity index (χ3v) is 5.39. The first-order valence-electron chi connectivity index (χ1n) is 7.71. The first-order valence-corrected chi connectivity index (χ1v) is 8.69. The van der Waals surface area contributed by atoms with Gasteiger partial charge >= 0.3 is 11.9 Å². The van der Waals surface area contributed by atoms with Crippen molar-refractivity contribution in [2.45, 2.75) is 17.6 Å². The standard InChI is InChI=1S/C17H10F5N3OS/c18-7-1-2-8(11(19)5-7)12-10(17(20,21)22)6-9-13-14(12)27-4-3-25(13)16(26)24-15(9)23/h1-2,5-6H,3-4H2,(H2,23,24,26). The highest BCUT2D eigenvalue weighted by molar-refractivity contribution is 7.99. The van der Waals surface area contributed by atoms with Crippen LogP contribution in [0.5, 0.6) is 0 Å². The van der Waals surface area contributed by atoms with Crippen molar-refractivity contribution in [3.63, 3.8) is 0 Å². The summed E-state index contributed by atoms with van der Waals surface area (Å²) in [7, 11) is 0. The molecule has 4 rings (SSSR count). The monoisotopic (exact) mass is 399 g/mol. The Bertz CT molecular complexity index is 1160. The summed E-state index contributed by atoms with van der Waals surface area (Å²) in [5.74, 6) is -2.06. The van der Waals surface area contributed by atoms with Crippen molar-refractivity contribution >= 4 is 28.5 Å². The zero-order valence-electron chi connectivity index (χ0n) is 13.4. The summed E-state index contributed by atoms with van der Waals surface area (Å²) in [6.07, 6.45) is -4.83. The summed E-state index contributed by atoms with van der Waals surface area (Å²) in [5, 5.41) is -0.0320. The number of nitrogens with zero attached hydrogens (tertiary/aromatic N) is 2. The molecule has 1 aliphatic heterocycles. The van der Waals surface area contributed by atoms with E-state index in [9.17, 15) is 26.7 Å². The van der Waals surface area contributed by atoms with E-state index < -0.39 is 40.2 Å². The number of rotatable bonds is 1. The molecule has 1 aromatic heterocycles. The fourth-order valence-electron chi connectivity index (χ4n) is 3.20. The van der Waals surface area contributed by atoms with Gasteiger partial charge in [-0.3, -0.25) is 4.57 Å². The Morgan fingerprint density at radius 3 is 2.59 bits per heavy atom. The number of aromatic nitrogens is 2. The third kappa shape index (κ3) is 2.75. The topological polar surface area (TPSA) is 60.9 Å². The van der Waals surface area contributed by atoms with E-state index in [2.05, 4.69) is 4.98 Å². The van der Waals surface area contributed by atoms with Crippen LogP contribution in [0.3, 0.4) is 0 Å². The van der Waals surface area contributed by atoms with Gasteiger partial charge in [-0.2, -0.15) is 18.2 Å². The molecular formula is C17H10F5N3OS. The molecule has 2 heterocycles. The molecule has 3 aromatic rings. The van der Waals surface area contributed by atoms with E-state index in [-0.39, 0.29) is 28.2 Å². The van der Waals surface area contributed by atoms with E-state index in [0.717, 1.165) is 30.0 Å². The molecule has 0 radical (unpaired) electrons. The molecule has 4 nitrogen and oxygen atoms in total. The Balaban J connectivity index is 2.23. The molecule has 0 aliphatic carbocycles. The quantitative estimate of drug-likeness (QED) is 0.628. The Kier molecular flexibility index (Phi) is 3.91. The SMILES string of the molecule is Nc1nc(=O)n2c3c(c(-c4ccc(F)cc4F)c(C(F)(F)F)cc13)SCC2. The van der Waals surface area contributed by atoms with Gasteiger partial charge in [0.05, 0.1) is 11.1 Å². The molecule has 140 valence electrons. The van der Waals surface area contributed by atoms with Crippen LogP contribution in [0.2, 0.25) is 0 Å². The lowest BCUT2D eigenvalue weighted by Crippen LogP contribution is -2.28. The molecule has 0 fully saturated rings. The van der Waals surface area contributed by atoms with E-state index in [4.69, 9.17) is 5.73 Å². The number of hydrogen-bond donors (Lipinski definition) is 1. The van der Waals surface area contributed by atoms with E-state index >= 15 is 0 Å². The molecule has 27 heavy (non-hydrogen) atoms. The zero-order chi connectivity index (χ0) is 19.5. The maximum atomic E-state index is 14.4. The van der Waals surface area contributed by atoms with Gasteiger partial charge in [-0.15, -0.1) is 11.8 Å². The third-order valence-electron chi connectivity index (χ3n) is 4.32. The van der Waals surface area contributed by atoms with Gasteiger partial charge in [0, 0.05) is 39.8 Å². The molecule has 0 amide bonds. The van der Waals surface area contributed by atoms with Crippen molar-refractivity contribution in [1.29, 1.82) is 0 Å². The minimum atomic E-state index is -4.83.